The zero-order valence-electron chi connectivity index (χ0n) is 17.6. The summed E-state index contributed by atoms with van der Waals surface area (Å²) in [7, 11) is 2.27. The fourth-order valence-corrected chi connectivity index (χ4v) is 4.30. The standard InChI is InChI=1S/C23H26BF2N3O2/c1-31-24-28-11-9-19(10-12-28)27-23(30)29-15-17(20-14-18(25)7-8-21(20)26)13-22(29)16-5-3-2-4-6-16/h2-8,13-14,19,22,24H,9-12,15H2,1H3,(H,27,30)/t22-/m0/s1. The van der Waals surface area contributed by atoms with Crippen LogP contribution in [-0.4, -0.2) is 56.1 Å². The van der Waals surface area contributed by atoms with Crippen LogP contribution < -0.4 is 5.32 Å². The van der Waals surface area contributed by atoms with E-state index in [1.54, 1.807) is 12.0 Å². The molecular formula is C23H26BF2N3O2. The van der Waals surface area contributed by atoms with Gasteiger partial charge in [-0.1, -0.05) is 36.4 Å². The van der Waals surface area contributed by atoms with Gasteiger partial charge < -0.3 is 19.7 Å². The van der Waals surface area contributed by atoms with Crippen molar-refractivity contribution in [1.82, 2.24) is 15.0 Å². The molecule has 2 aromatic carbocycles. The number of piperidine rings is 1. The summed E-state index contributed by atoms with van der Waals surface area (Å²) >= 11 is 0. The molecule has 5 nitrogen and oxygen atoms in total. The van der Waals surface area contributed by atoms with Crippen LogP contribution in [0.1, 0.15) is 30.0 Å². The molecular weight excluding hydrogens is 399 g/mol. The highest BCUT2D eigenvalue weighted by Gasteiger charge is 2.33. The maximum absolute atomic E-state index is 14.4. The van der Waals surface area contributed by atoms with Crippen LogP contribution in [0.2, 0.25) is 0 Å². The summed E-state index contributed by atoms with van der Waals surface area (Å²) in [6, 6.07) is 12.6. The average molecular weight is 425 g/mol. The predicted molar refractivity (Wildman–Crippen MR) is 118 cm³/mol. The third kappa shape index (κ3) is 4.97. The molecule has 0 spiro atoms. The van der Waals surface area contributed by atoms with Gasteiger partial charge in [-0.15, -0.1) is 0 Å². The second kappa shape index (κ2) is 9.62. The molecule has 0 bridgehead atoms. The summed E-state index contributed by atoms with van der Waals surface area (Å²) in [5.41, 5.74) is 1.74. The number of halogens is 2. The van der Waals surface area contributed by atoms with Gasteiger partial charge in [-0.05, 0) is 55.3 Å². The Kier molecular flexibility index (Phi) is 6.68. The summed E-state index contributed by atoms with van der Waals surface area (Å²) in [5, 5.41) is 3.14. The van der Waals surface area contributed by atoms with Crippen molar-refractivity contribution in [2.75, 3.05) is 26.7 Å². The molecule has 4 rings (SSSR count). The third-order valence-electron chi connectivity index (χ3n) is 5.94. The Bertz CT molecular complexity index is 949. The van der Waals surface area contributed by atoms with Crippen LogP contribution in [0.5, 0.6) is 0 Å². The zero-order valence-corrected chi connectivity index (χ0v) is 17.6. The summed E-state index contributed by atoms with van der Waals surface area (Å²) in [6.07, 6.45) is 3.55. The molecule has 1 fully saturated rings. The highest BCUT2D eigenvalue weighted by Crippen LogP contribution is 2.35. The number of hydrogen-bond donors (Lipinski definition) is 1. The first-order valence-electron chi connectivity index (χ1n) is 10.5. The van der Waals surface area contributed by atoms with Crippen molar-refractivity contribution in [3.05, 3.63) is 77.4 Å². The Labute approximate surface area is 182 Å². The quantitative estimate of drug-likeness (QED) is 0.747. The lowest BCUT2D eigenvalue weighted by Gasteiger charge is -2.33. The van der Waals surface area contributed by atoms with E-state index in [0.717, 1.165) is 43.6 Å². The molecule has 8 heteroatoms. The summed E-state index contributed by atoms with van der Waals surface area (Å²) in [5.74, 6) is -0.994. The van der Waals surface area contributed by atoms with Crippen LogP contribution in [0.3, 0.4) is 0 Å². The van der Waals surface area contributed by atoms with E-state index < -0.39 is 11.6 Å². The minimum atomic E-state index is -0.501. The molecule has 31 heavy (non-hydrogen) atoms. The Hall–Kier alpha value is -2.71. The van der Waals surface area contributed by atoms with E-state index in [1.807, 2.05) is 36.4 Å². The predicted octanol–water partition coefficient (Wildman–Crippen LogP) is 3.49. The topological polar surface area (TPSA) is 44.8 Å². The highest BCUT2D eigenvalue weighted by atomic mass is 19.1. The Morgan fingerprint density at radius 3 is 2.58 bits per heavy atom. The van der Waals surface area contributed by atoms with Gasteiger partial charge in [0.1, 0.15) is 11.6 Å². The van der Waals surface area contributed by atoms with Crippen molar-refractivity contribution < 1.29 is 18.2 Å². The fourth-order valence-electron chi connectivity index (χ4n) is 4.30. The first kappa shape index (κ1) is 21.5. The molecule has 0 unspecified atom stereocenters. The lowest BCUT2D eigenvalue weighted by molar-refractivity contribution is 0.185. The molecule has 2 aliphatic rings. The van der Waals surface area contributed by atoms with Crippen molar-refractivity contribution in [2.24, 2.45) is 0 Å². The maximum Gasteiger partial charge on any atom is 0.363 e. The second-order valence-electron chi connectivity index (χ2n) is 8.06. The first-order valence-corrected chi connectivity index (χ1v) is 10.5. The van der Waals surface area contributed by atoms with Crippen LogP contribution in [0.15, 0.2) is 54.6 Å². The minimum absolute atomic E-state index is 0.0759. The van der Waals surface area contributed by atoms with Crippen molar-refractivity contribution >= 4 is 19.2 Å². The van der Waals surface area contributed by atoms with E-state index in [0.29, 0.717) is 13.2 Å². The number of carbonyl (C=O) groups is 1. The van der Waals surface area contributed by atoms with Crippen LogP contribution in [0, 0.1) is 11.6 Å². The van der Waals surface area contributed by atoms with E-state index in [1.165, 1.54) is 6.07 Å². The molecule has 1 atom stereocenters. The molecule has 2 heterocycles. The molecule has 162 valence electrons. The lowest BCUT2D eigenvalue weighted by atomic mass is 10.00. The monoisotopic (exact) mass is 425 g/mol. The number of nitrogens with one attached hydrogen (secondary N) is 1. The minimum Gasteiger partial charge on any atom is -0.427 e. The molecule has 2 aliphatic heterocycles. The molecule has 0 aliphatic carbocycles. The number of carbonyl (C=O) groups excluding carboxylic acids is 1. The average Bonchev–Trinajstić information content (AvgIpc) is 3.23. The highest BCUT2D eigenvalue weighted by molar-refractivity contribution is 6.23. The molecule has 1 N–H and O–H groups in total. The summed E-state index contributed by atoms with van der Waals surface area (Å²) < 4.78 is 33.4. The molecule has 1 saturated heterocycles. The van der Waals surface area contributed by atoms with Crippen LogP contribution in [0.4, 0.5) is 13.6 Å². The van der Waals surface area contributed by atoms with E-state index in [9.17, 15) is 13.6 Å². The molecule has 0 radical (unpaired) electrons. The van der Waals surface area contributed by atoms with Gasteiger partial charge in [-0.25, -0.2) is 13.6 Å². The molecule has 2 aromatic rings. The van der Waals surface area contributed by atoms with Crippen LogP contribution in [0.25, 0.3) is 5.57 Å². The maximum atomic E-state index is 14.4. The summed E-state index contributed by atoms with van der Waals surface area (Å²) in [6.45, 7) is 1.94. The van der Waals surface area contributed by atoms with Gasteiger partial charge in [0.2, 0.25) is 0 Å². The van der Waals surface area contributed by atoms with E-state index >= 15 is 0 Å². The van der Waals surface area contributed by atoms with Crippen molar-refractivity contribution in [3.8, 4) is 0 Å². The van der Waals surface area contributed by atoms with Gasteiger partial charge in [-0.3, -0.25) is 0 Å². The number of nitrogens with zero attached hydrogens (tertiary/aromatic N) is 2. The van der Waals surface area contributed by atoms with Crippen LogP contribution >= 0.6 is 0 Å². The second-order valence-corrected chi connectivity index (χ2v) is 8.06. The van der Waals surface area contributed by atoms with E-state index in [-0.39, 0.29) is 30.2 Å². The number of amides is 2. The van der Waals surface area contributed by atoms with Crippen molar-refractivity contribution in [2.45, 2.75) is 24.9 Å². The Morgan fingerprint density at radius 1 is 1.13 bits per heavy atom. The van der Waals surface area contributed by atoms with Crippen molar-refractivity contribution in [1.29, 1.82) is 0 Å². The number of hydrogen-bond acceptors (Lipinski definition) is 3. The van der Waals surface area contributed by atoms with Gasteiger partial charge in [0.15, 0.2) is 0 Å². The number of rotatable bonds is 5. The normalized spacial score (nSPS) is 19.9. The smallest absolute Gasteiger partial charge is 0.363 e. The van der Waals surface area contributed by atoms with E-state index in [2.05, 4.69) is 10.1 Å². The van der Waals surface area contributed by atoms with Crippen LogP contribution in [-0.2, 0) is 4.65 Å². The van der Waals surface area contributed by atoms with Gasteiger partial charge in [-0.2, -0.15) is 0 Å². The van der Waals surface area contributed by atoms with Gasteiger partial charge in [0.05, 0.1) is 6.04 Å². The van der Waals surface area contributed by atoms with Crippen molar-refractivity contribution in [3.63, 3.8) is 0 Å². The third-order valence-corrected chi connectivity index (χ3v) is 5.94. The largest absolute Gasteiger partial charge is 0.427 e. The SMILES string of the molecule is COBN1CCC(NC(=O)N2CC(c3cc(F)ccc3F)=C[C@H]2c2ccccc2)CC1. The van der Waals surface area contributed by atoms with Gasteiger partial charge >= 0.3 is 13.6 Å². The number of benzene rings is 2. The molecule has 0 saturated carbocycles. The first-order chi connectivity index (χ1) is 15.0. The zero-order chi connectivity index (χ0) is 21.8. The Balaban J connectivity index is 1.52. The van der Waals surface area contributed by atoms with E-state index in [4.69, 9.17) is 4.65 Å². The lowest BCUT2D eigenvalue weighted by Crippen LogP contribution is -2.50. The summed E-state index contributed by atoms with van der Waals surface area (Å²) in [4.78, 5) is 17.1. The number of urea groups is 1. The van der Waals surface area contributed by atoms with Gasteiger partial charge in [0, 0.05) is 25.3 Å². The Morgan fingerprint density at radius 2 is 1.87 bits per heavy atom. The fraction of sp³-hybridized carbons (Fsp3) is 0.348. The molecule has 0 aromatic heterocycles. The molecule has 2 amide bonds. The van der Waals surface area contributed by atoms with Gasteiger partial charge in [0.25, 0.3) is 0 Å².